The van der Waals surface area contributed by atoms with Crippen molar-refractivity contribution < 1.29 is 23.9 Å². The minimum atomic E-state index is -1.38. The summed E-state index contributed by atoms with van der Waals surface area (Å²) in [6.07, 6.45) is 0.798. The Morgan fingerprint density at radius 3 is 2.20 bits per heavy atom. The van der Waals surface area contributed by atoms with Gasteiger partial charge in [0.2, 0.25) is 5.91 Å². The maximum Gasteiger partial charge on any atom is 0.407 e. The molecule has 0 fully saturated rings. The van der Waals surface area contributed by atoms with Gasteiger partial charge in [-0.25, -0.2) is 9.59 Å². The Labute approximate surface area is 150 Å². The molecule has 2 amide bonds. The molecule has 8 heteroatoms. The van der Waals surface area contributed by atoms with E-state index in [1.54, 1.807) is 27.7 Å². The van der Waals surface area contributed by atoms with Gasteiger partial charge in [-0.05, 0) is 47.0 Å². The second-order valence-corrected chi connectivity index (χ2v) is 7.05. The second-order valence-electron chi connectivity index (χ2n) is 7.05. The van der Waals surface area contributed by atoms with Crippen LogP contribution in [0.25, 0.3) is 0 Å². The van der Waals surface area contributed by atoms with E-state index in [1.807, 2.05) is 6.92 Å². The molecular weight excluding hydrogens is 326 g/mol. The van der Waals surface area contributed by atoms with Crippen molar-refractivity contribution in [1.82, 2.24) is 10.6 Å². The summed E-state index contributed by atoms with van der Waals surface area (Å²) in [7, 11) is 0. The zero-order valence-corrected chi connectivity index (χ0v) is 16.2. The van der Waals surface area contributed by atoms with E-state index in [4.69, 9.17) is 15.2 Å². The van der Waals surface area contributed by atoms with Gasteiger partial charge in [-0.2, -0.15) is 0 Å². The maximum atomic E-state index is 12.5. The molecule has 146 valence electrons. The number of carbonyl (C=O) groups is 3. The van der Waals surface area contributed by atoms with Crippen molar-refractivity contribution >= 4 is 18.0 Å². The zero-order chi connectivity index (χ0) is 19.7. The summed E-state index contributed by atoms with van der Waals surface area (Å²) < 4.78 is 10.3. The Kier molecular flexibility index (Phi) is 9.48. The summed E-state index contributed by atoms with van der Waals surface area (Å²) in [6, 6.07) is -0.121. The molecule has 0 aromatic carbocycles. The first kappa shape index (κ1) is 23.2. The fourth-order valence-electron chi connectivity index (χ4n) is 2.20. The average Bonchev–Trinajstić information content (AvgIpc) is 2.47. The average molecular weight is 359 g/mol. The first-order valence-electron chi connectivity index (χ1n) is 8.64. The van der Waals surface area contributed by atoms with Crippen LogP contribution in [0.1, 0.15) is 60.8 Å². The van der Waals surface area contributed by atoms with Crippen LogP contribution in [0.3, 0.4) is 0 Å². The van der Waals surface area contributed by atoms with Gasteiger partial charge in [0.15, 0.2) is 5.54 Å². The number of rotatable bonds is 9. The number of carbonyl (C=O) groups excluding carboxylic acids is 3. The lowest BCUT2D eigenvalue weighted by atomic mass is 9.90. The lowest BCUT2D eigenvalue weighted by Gasteiger charge is -2.33. The van der Waals surface area contributed by atoms with Crippen molar-refractivity contribution in [2.75, 3.05) is 13.2 Å². The van der Waals surface area contributed by atoms with Crippen LogP contribution in [-0.2, 0) is 19.1 Å². The number of hydrogen-bond donors (Lipinski definition) is 3. The number of hydrogen-bond acceptors (Lipinski definition) is 6. The van der Waals surface area contributed by atoms with E-state index in [0.29, 0.717) is 6.42 Å². The summed E-state index contributed by atoms with van der Waals surface area (Å²) in [5, 5.41) is 5.19. The number of nitrogens with two attached hydrogens (primary N) is 1. The van der Waals surface area contributed by atoms with Crippen molar-refractivity contribution in [2.45, 2.75) is 78.0 Å². The van der Waals surface area contributed by atoms with Crippen LogP contribution in [0.15, 0.2) is 0 Å². The van der Waals surface area contributed by atoms with Crippen molar-refractivity contribution in [3.63, 3.8) is 0 Å². The first-order chi connectivity index (χ1) is 11.5. The monoisotopic (exact) mass is 359 g/mol. The van der Waals surface area contributed by atoms with Crippen LogP contribution >= 0.6 is 0 Å². The number of alkyl carbamates (subject to hydrolysis) is 1. The molecule has 4 N–H and O–H groups in total. The molecule has 0 saturated heterocycles. The molecule has 0 heterocycles. The molecule has 0 aliphatic carbocycles. The predicted octanol–water partition coefficient (Wildman–Crippen LogP) is 1.47. The quantitative estimate of drug-likeness (QED) is 0.536. The highest BCUT2D eigenvalue weighted by Gasteiger charge is 2.41. The molecule has 0 rings (SSSR count). The molecule has 0 radical (unpaired) electrons. The number of nitrogens with one attached hydrogen (secondary N) is 2. The van der Waals surface area contributed by atoms with Crippen LogP contribution in [0.2, 0.25) is 0 Å². The van der Waals surface area contributed by atoms with Gasteiger partial charge < -0.3 is 25.8 Å². The highest BCUT2D eigenvalue weighted by atomic mass is 16.6. The fourth-order valence-corrected chi connectivity index (χ4v) is 2.20. The Bertz CT molecular complexity index is 462. The molecule has 0 bridgehead atoms. The Hall–Kier alpha value is -1.83. The van der Waals surface area contributed by atoms with E-state index >= 15 is 0 Å². The summed E-state index contributed by atoms with van der Waals surface area (Å²) in [4.78, 5) is 36.1. The van der Waals surface area contributed by atoms with Gasteiger partial charge in [-0.1, -0.05) is 6.92 Å². The van der Waals surface area contributed by atoms with E-state index < -0.39 is 29.1 Å². The van der Waals surface area contributed by atoms with Gasteiger partial charge in [0.25, 0.3) is 0 Å². The molecule has 0 spiro atoms. The maximum absolute atomic E-state index is 12.5. The minimum absolute atomic E-state index is 0.121. The number of esters is 1. The highest BCUT2D eigenvalue weighted by Crippen LogP contribution is 2.18. The smallest absolute Gasteiger partial charge is 0.407 e. The van der Waals surface area contributed by atoms with Crippen molar-refractivity contribution in [1.29, 1.82) is 0 Å². The SMILES string of the molecule is CCOC(=O)C(CCC(N)CC)(CNC(=O)OC(C)(C)C)NC(C)=O. The molecule has 0 saturated carbocycles. The molecule has 0 aliphatic rings. The van der Waals surface area contributed by atoms with Crippen LogP contribution in [0, 0.1) is 0 Å². The molecule has 2 atom stereocenters. The largest absolute Gasteiger partial charge is 0.464 e. The highest BCUT2D eigenvalue weighted by molar-refractivity contribution is 5.88. The van der Waals surface area contributed by atoms with Gasteiger partial charge in [0.05, 0.1) is 13.2 Å². The van der Waals surface area contributed by atoms with Crippen LogP contribution in [-0.4, -0.2) is 48.3 Å². The van der Waals surface area contributed by atoms with Crippen LogP contribution < -0.4 is 16.4 Å². The lowest BCUT2D eigenvalue weighted by molar-refractivity contribution is -0.153. The van der Waals surface area contributed by atoms with Gasteiger partial charge in [0, 0.05) is 13.0 Å². The van der Waals surface area contributed by atoms with E-state index in [9.17, 15) is 14.4 Å². The topological polar surface area (TPSA) is 120 Å². The van der Waals surface area contributed by atoms with Crippen molar-refractivity contribution in [3.8, 4) is 0 Å². The first-order valence-corrected chi connectivity index (χ1v) is 8.64. The molecule has 8 nitrogen and oxygen atoms in total. The third-order valence-electron chi connectivity index (χ3n) is 3.48. The van der Waals surface area contributed by atoms with Gasteiger partial charge in [-0.15, -0.1) is 0 Å². The molecular formula is C17H33N3O5. The van der Waals surface area contributed by atoms with Gasteiger partial charge in [-0.3, -0.25) is 4.79 Å². The number of ether oxygens (including phenoxy) is 2. The van der Waals surface area contributed by atoms with Crippen LogP contribution in [0.4, 0.5) is 4.79 Å². The third kappa shape index (κ3) is 9.28. The Morgan fingerprint density at radius 2 is 1.76 bits per heavy atom. The summed E-state index contributed by atoms with van der Waals surface area (Å²) in [5.41, 5.74) is 3.89. The predicted molar refractivity (Wildman–Crippen MR) is 94.9 cm³/mol. The normalized spacial score (nSPS) is 14.8. The summed E-state index contributed by atoms with van der Waals surface area (Å²) in [5.74, 6) is -1.01. The molecule has 0 aromatic heterocycles. The molecule has 0 aromatic rings. The van der Waals surface area contributed by atoms with E-state index in [0.717, 1.165) is 6.42 Å². The number of amides is 2. The van der Waals surface area contributed by atoms with E-state index in [2.05, 4.69) is 10.6 Å². The molecule has 25 heavy (non-hydrogen) atoms. The van der Waals surface area contributed by atoms with Crippen LogP contribution in [0.5, 0.6) is 0 Å². The fraction of sp³-hybridized carbons (Fsp3) is 0.824. The van der Waals surface area contributed by atoms with E-state index in [1.165, 1.54) is 6.92 Å². The van der Waals surface area contributed by atoms with E-state index in [-0.39, 0.29) is 25.6 Å². The molecule has 0 aliphatic heterocycles. The Balaban J connectivity index is 5.31. The van der Waals surface area contributed by atoms with Gasteiger partial charge >= 0.3 is 12.1 Å². The third-order valence-corrected chi connectivity index (χ3v) is 3.48. The second kappa shape index (κ2) is 10.2. The van der Waals surface area contributed by atoms with Crippen molar-refractivity contribution in [2.24, 2.45) is 5.73 Å². The summed E-state index contributed by atoms with van der Waals surface area (Å²) >= 11 is 0. The van der Waals surface area contributed by atoms with Crippen molar-refractivity contribution in [3.05, 3.63) is 0 Å². The molecule has 2 unspecified atom stereocenters. The zero-order valence-electron chi connectivity index (χ0n) is 16.2. The summed E-state index contributed by atoms with van der Waals surface area (Å²) in [6.45, 7) is 10.1. The van der Waals surface area contributed by atoms with Gasteiger partial charge in [0.1, 0.15) is 5.60 Å². The minimum Gasteiger partial charge on any atom is -0.464 e. The Morgan fingerprint density at radius 1 is 1.16 bits per heavy atom. The standard InChI is InChI=1S/C17H33N3O5/c1-7-13(18)9-10-17(20-12(3)21,14(22)24-8-2)11-19-15(23)25-16(4,5)6/h13H,7-11,18H2,1-6H3,(H,19,23)(H,20,21). The lowest BCUT2D eigenvalue weighted by Crippen LogP contribution is -2.61.